The van der Waals surface area contributed by atoms with E-state index in [4.69, 9.17) is 0 Å². The first-order valence-electron chi connectivity index (χ1n) is 5.72. The number of aromatic hydroxyl groups is 1. The van der Waals surface area contributed by atoms with E-state index in [9.17, 15) is 9.50 Å². The molecule has 0 aliphatic rings. The van der Waals surface area contributed by atoms with E-state index in [2.05, 4.69) is 0 Å². The van der Waals surface area contributed by atoms with Crippen LogP contribution < -0.4 is 0 Å². The van der Waals surface area contributed by atoms with Crippen LogP contribution in [0.3, 0.4) is 0 Å². The fourth-order valence-corrected chi connectivity index (χ4v) is 2.21. The van der Waals surface area contributed by atoms with Crippen LogP contribution >= 0.6 is 0 Å². The van der Waals surface area contributed by atoms with Crippen LogP contribution in [0.4, 0.5) is 4.39 Å². The summed E-state index contributed by atoms with van der Waals surface area (Å²) in [5.74, 6) is -0.140. The summed E-state index contributed by atoms with van der Waals surface area (Å²) >= 11 is 0. The highest BCUT2D eigenvalue weighted by Gasteiger charge is 2.09. The summed E-state index contributed by atoms with van der Waals surface area (Å²) in [7, 11) is 0. The molecule has 0 saturated carbocycles. The van der Waals surface area contributed by atoms with Gasteiger partial charge in [0, 0.05) is 5.56 Å². The average molecular weight is 238 g/mol. The zero-order chi connectivity index (χ0) is 12.5. The highest BCUT2D eigenvalue weighted by atomic mass is 19.1. The molecule has 0 heterocycles. The second-order valence-corrected chi connectivity index (χ2v) is 4.19. The molecule has 1 nitrogen and oxygen atoms in total. The van der Waals surface area contributed by atoms with Crippen LogP contribution in [-0.2, 0) is 0 Å². The fourth-order valence-electron chi connectivity index (χ4n) is 2.21. The van der Waals surface area contributed by atoms with Crippen molar-refractivity contribution >= 4 is 10.8 Å². The lowest BCUT2D eigenvalue weighted by Gasteiger charge is -2.09. The molecule has 0 amide bonds. The third-order valence-corrected chi connectivity index (χ3v) is 3.02. The normalized spacial score (nSPS) is 10.7. The van der Waals surface area contributed by atoms with E-state index in [1.165, 1.54) is 12.1 Å². The zero-order valence-electron chi connectivity index (χ0n) is 9.60. The van der Waals surface area contributed by atoms with E-state index < -0.39 is 0 Å². The van der Waals surface area contributed by atoms with Crippen molar-refractivity contribution in [3.8, 4) is 16.9 Å². The molecule has 0 aliphatic heterocycles. The molecule has 0 saturated heterocycles. The molecule has 3 aromatic rings. The highest BCUT2D eigenvalue weighted by molar-refractivity contribution is 5.99. The summed E-state index contributed by atoms with van der Waals surface area (Å²) < 4.78 is 13.3. The molecule has 0 atom stereocenters. The first kappa shape index (κ1) is 10.8. The molecule has 3 rings (SSSR count). The fraction of sp³-hybridized carbons (Fsp3) is 0. The maximum Gasteiger partial charge on any atom is 0.124 e. The van der Waals surface area contributed by atoms with Crippen molar-refractivity contribution in [2.75, 3.05) is 0 Å². The summed E-state index contributed by atoms with van der Waals surface area (Å²) in [4.78, 5) is 0. The molecule has 0 aromatic heterocycles. The van der Waals surface area contributed by atoms with Crippen LogP contribution in [0.2, 0.25) is 0 Å². The number of halogens is 1. The molecule has 0 fully saturated rings. The molecule has 88 valence electrons. The monoisotopic (exact) mass is 238 g/mol. The minimum Gasteiger partial charge on any atom is -0.507 e. The number of hydrogen-bond acceptors (Lipinski definition) is 1. The van der Waals surface area contributed by atoms with Gasteiger partial charge in [0.2, 0.25) is 0 Å². The van der Waals surface area contributed by atoms with E-state index >= 15 is 0 Å². The minimum atomic E-state index is -0.306. The molecule has 2 heteroatoms. The lowest BCUT2D eigenvalue weighted by molar-refractivity contribution is 0.478. The molecule has 3 aromatic carbocycles. The number of fused-ring (bicyclic) bond motifs is 1. The van der Waals surface area contributed by atoms with Crippen molar-refractivity contribution in [3.05, 3.63) is 66.5 Å². The van der Waals surface area contributed by atoms with Crippen molar-refractivity contribution in [2.24, 2.45) is 0 Å². The Balaban J connectivity index is 2.37. The maximum atomic E-state index is 13.3. The van der Waals surface area contributed by atoms with Crippen LogP contribution in [0.1, 0.15) is 0 Å². The van der Waals surface area contributed by atoms with Crippen LogP contribution in [0, 0.1) is 5.82 Å². The third-order valence-electron chi connectivity index (χ3n) is 3.02. The lowest BCUT2D eigenvalue weighted by Crippen LogP contribution is -1.84. The Labute approximate surface area is 104 Å². The maximum absolute atomic E-state index is 13.3. The second kappa shape index (κ2) is 4.15. The van der Waals surface area contributed by atoms with Gasteiger partial charge < -0.3 is 5.11 Å². The van der Waals surface area contributed by atoms with Crippen LogP contribution in [-0.4, -0.2) is 5.11 Å². The van der Waals surface area contributed by atoms with Gasteiger partial charge in [-0.3, -0.25) is 0 Å². The Kier molecular flexibility index (Phi) is 2.49. The van der Waals surface area contributed by atoms with Gasteiger partial charge in [-0.1, -0.05) is 42.5 Å². The predicted octanol–water partition coefficient (Wildman–Crippen LogP) is 4.35. The van der Waals surface area contributed by atoms with Gasteiger partial charge in [-0.25, -0.2) is 4.39 Å². The summed E-state index contributed by atoms with van der Waals surface area (Å²) in [6, 6.07) is 17.5. The van der Waals surface area contributed by atoms with Crippen LogP contribution in [0.5, 0.6) is 5.75 Å². The molecular weight excluding hydrogens is 227 g/mol. The summed E-state index contributed by atoms with van der Waals surface area (Å²) in [5, 5.41) is 12.0. The summed E-state index contributed by atoms with van der Waals surface area (Å²) in [6.07, 6.45) is 0. The Morgan fingerprint density at radius 3 is 2.50 bits per heavy atom. The van der Waals surface area contributed by atoms with Gasteiger partial charge in [0.1, 0.15) is 11.6 Å². The van der Waals surface area contributed by atoms with Gasteiger partial charge in [0.05, 0.1) is 0 Å². The van der Waals surface area contributed by atoms with E-state index in [0.717, 1.165) is 10.8 Å². The Morgan fingerprint density at radius 2 is 1.67 bits per heavy atom. The number of hydrogen-bond donors (Lipinski definition) is 1. The SMILES string of the molecule is Oc1ccc2ccccc2c1-c1cccc(F)c1. The Hall–Kier alpha value is -2.35. The molecule has 0 bridgehead atoms. The van der Waals surface area contributed by atoms with Crippen molar-refractivity contribution in [3.63, 3.8) is 0 Å². The molecule has 0 unspecified atom stereocenters. The smallest absolute Gasteiger partial charge is 0.124 e. The highest BCUT2D eigenvalue weighted by Crippen LogP contribution is 2.36. The van der Waals surface area contributed by atoms with E-state index in [-0.39, 0.29) is 11.6 Å². The molecule has 18 heavy (non-hydrogen) atoms. The first-order valence-corrected chi connectivity index (χ1v) is 5.72. The van der Waals surface area contributed by atoms with Gasteiger partial charge in [0.15, 0.2) is 0 Å². The number of phenols is 1. The molecule has 1 N–H and O–H groups in total. The number of rotatable bonds is 1. The summed E-state index contributed by atoms with van der Waals surface area (Å²) in [6.45, 7) is 0. The van der Waals surface area contributed by atoms with Crippen molar-refractivity contribution < 1.29 is 9.50 Å². The summed E-state index contributed by atoms with van der Waals surface area (Å²) in [5.41, 5.74) is 1.36. The average Bonchev–Trinajstić information content (AvgIpc) is 2.38. The van der Waals surface area contributed by atoms with Gasteiger partial charge >= 0.3 is 0 Å². The van der Waals surface area contributed by atoms with Gasteiger partial charge in [-0.15, -0.1) is 0 Å². The molecule has 0 radical (unpaired) electrons. The zero-order valence-corrected chi connectivity index (χ0v) is 9.60. The first-order chi connectivity index (χ1) is 8.75. The van der Waals surface area contributed by atoms with E-state index in [1.54, 1.807) is 18.2 Å². The largest absolute Gasteiger partial charge is 0.507 e. The Morgan fingerprint density at radius 1 is 0.833 bits per heavy atom. The van der Waals surface area contributed by atoms with Crippen molar-refractivity contribution in [1.82, 2.24) is 0 Å². The van der Waals surface area contributed by atoms with Gasteiger partial charge in [0.25, 0.3) is 0 Å². The lowest BCUT2D eigenvalue weighted by atomic mass is 9.97. The number of phenolic OH excluding ortho intramolecular Hbond substituents is 1. The Bertz CT molecular complexity index is 719. The van der Waals surface area contributed by atoms with E-state index in [1.807, 2.05) is 30.3 Å². The molecule has 0 spiro atoms. The molecule has 0 aliphatic carbocycles. The van der Waals surface area contributed by atoms with Gasteiger partial charge in [-0.2, -0.15) is 0 Å². The van der Waals surface area contributed by atoms with Gasteiger partial charge in [-0.05, 0) is 34.5 Å². The predicted molar refractivity (Wildman–Crippen MR) is 71.0 cm³/mol. The van der Waals surface area contributed by atoms with E-state index in [0.29, 0.717) is 11.1 Å². The second-order valence-electron chi connectivity index (χ2n) is 4.19. The number of benzene rings is 3. The van der Waals surface area contributed by atoms with Crippen LogP contribution in [0.15, 0.2) is 60.7 Å². The quantitative estimate of drug-likeness (QED) is 0.668. The molecular formula is C16H11FO. The van der Waals surface area contributed by atoms with Crippen molar-refractivity contribution in [1.29, 1.82) is 0 Å². The topological polar surface area (TPSA) is 20.2 Å². The van der Waals surface area contributed by atoms with Crippen molar-refractivity contribution in [2.45, 2.75) is 0 Å². The van der Waals surface area contributed by atoms with Crippen LogP contribution in [0.25, 0.3) is 21.9 Å². The standard InChI is InChI=1S/C16H11FO/c17-13-6-3-5-12(10-13)16-14-7-2-1-4-11(14)8-9-15(16)18/h1-10,18H. The minimum absolute atomic E-state index is 0.166. The third kappa shape index (κ3) is 1.72.